The summed E-state index contributed by atoms with van der Waals surface area (Å²) in [6, 6.07) is 5.19. The highest BCUT2D eigenvalue weighted by atomic mass is 16.2. The second-order valence-corrected chi connectivity index (χ2v) is 5.07. The summed E-state index contributed by atoms with van der Waals surface area (Å²) in [4.78, 5) is 37.8. The summed E-state index contributed by atoms with van der Waals surface area (Å²) in [5, 5.41) is 2.67. The van der Waals surface area contributed by atoms with Gasteiger partial charge in [0.1, 0.15) is 6.54 Å². The summed E-state index contributed by atoms with van der Waals surface area (Å²) in [6.45, 7) is 2.50. The van der Waals surface area contributed by atoms with Crippen LogP contribution >= 0.6 is 0 Å². The lowest BCUT2D eigenvalue weighted by Gasteiger charge is -2.30. The van der Waals surface area contributed by atoms with Crippen LogP contribution in [0.4, 0.5) is 11.4 Å². The van der Waals surface area contributed by atoms with Crippen LogP contribution in [0.25, 0.3) is 0 Å². The molecule has 1 aliphatic rings. The highest BCUT2D eigenvalue weighted by Crippen LogP contribution is 2.16. The van der Waals surface area contributed by atoms with Gasteiger partial charge in [0.2, 0.25) is 5.91 Å². The van der Waals surface area contributed by atoms with Crippen LogP contribution in [0.3, 0.4) is 0 Å². The van der Waals surface area contributed by atoms with E-state index in [1.165, 1.54) is 9.80 Å². The van der Waals surface area contributed by atoms with Gasteiger partial charge in [-0.05, 0) is 24.6 Å². The number of hydrogen-bond donors (Lipinski definition) is 2. The van der Waals surface area contributed by atoms with E-state index in [0.717, 1.165) is 5.56 Å². The van der Waals surface area contributed by atoms with Crippen LogP contribution in [0.2, 0.25) is 0 Å². The topological polar surface area (TPSA) is 95.7 Å². The fraction of sp³-hybridized carbons (Fsp3) is 0.357. The van der Waals surface area contributed by atoms with Gasteiger partial charge in [-0.15, -0.1) is 0 Å². The molecule has 1 saturated heterocycles. The minimum atomic E-state index is -0.651. The molecule has 7 nitrogen and oxygen atoms in total. The number of likely N-dealkylation sites (N-methyl/N-ethyl adjacent to an activating group) is 1. The van der Waals surface area contributed by atoms with Crippen molar-refractivity contribution >= 4 is 29.1 Å². The molecule has 3 N–H and O–H groups in total. The molecule has 21 heavy (non-hydrogen) atoms. The van der Waals surface area contributed by atoms with Gasteiger partial charge in [-0.2, -0.15) is 0 Å². The Kier molecular flexibility index (Phi) is 4.11. The number of nitrogens with zero attached hydrogens (tertiary/aromatic N) is 2. The molecule has 0 unspecified atom stereocenters. The smallest absolute Gasteiger partial charge is 0.312 e. The first-order valence-electron chi connectivity index (χ1n) is 6.59. The van der Waals surface area contributed by atoms with E-state index < -0.39 is 11.8 Å². The first-order chi connectivity index (χ1) is 9.88. The van der Waals surface area contributed by atoms with Crippen molar-refractivity contribution in [3.8, 4) is 0 Å². The number of amides is 3. The number of piperazine rings is 1. The summed E-state index contributed by atoms with van der Waals surface area (Å²) in [7, 11) is 1.56. The number of carbonyl (C=O) groups is 3. The quantitative estimate of drug-likeness (QED) is 0.596. The van der Waals surface area contributed by atoms with Gasteiger partial charge in [0.15, 0.2) is 0 Å². The summed E-state index contributed by atoms with van der Waals surface area (Å²) < 4.78 is 0. The molecule has 1 heterocycles. The van der Waals surface area contributed by atoms with E-state index in [9.17, 15) is 14.4 Å². The van der Waals surface area contributed by atoms with E-state index in [0.29, 0.717) is 24.5 Å². The van der Waals surface area contributed by atoms with Crippen LogP contribution in [-0.2, 0) is 14.4 Å². The predicted molar refractivity (Wildman–Crippen MR) is 78.4 cm³/mol. The van der Waals surface area contributed by atoms with Crippen molar-refractivity contribution in [3.63, 3.8) is 0 Å². The lowest BCUT2D eigenvalue weighted by atomic mass is 10.2. The fourth-order valence-electron chi connectivity index (χ4n) is 2.02. The number of nitrogen functional groups attached to an aromatic ring is 1. The normalized spacial score (nSPS) is 15.3. The Morgan fingerprint density at radius 1 is 1.29 bits per heavy atom. The monoisotopic (exact) mass is 290 g/mol. The molecular weight excluding hydrogens is 272 g/mol. The molecule has 112 valence electrons. The van der Waals surface area contributed by atoms with Crippen LogP contribution < -0.4 is 11.1 Å². The predicted octanol–water partition coefficient (Wildman–Crippen LogP) is -0.184. The van der Waals surface area contributed by atoms with Gasteiger partial charge >= 0.3 is 11.8 Å². The minimum absolute atomic E-state index is 0.147. The Hall–Kier alpha value is -2.57. The molecule has 1 fully saturated rings. The summed E-state index contributed by atoms with van der Waals surface area (Å²) in [6.07, 6.45) is 0. The number of benzene rings is 1. The Bertz CT molecular complexity index is 600. The maximum Gasteiger partial charge on any atom is 0.312 e. The van der Waals surface area contributed by atoms with Crippen molar-refractivity contribution in [1.82, 2.24) is 9.80 Å². The molecule has 0 aliphatic carbocycles. The van der Waals surface area contributed by atoms with E-state index in [1.54, 1.807) is 25.2 Å². The maximum atomic E-state index is 11.9. The summed E-state index contributed by atoms with van der Waals surface area (Å²) >= 11 is 0. The van der Waals surface area contributed by atoms with Gasteiger partial charge in [-0.1, -0.05) is 6.07 Å². The Balaban J connectivity index is 1.97. The van der Waals surface area contributed by atoms with Gasteiger partial charge in [-0.25, -0.2) is 0 Å². The Morgan fingerprint density at radius 3 is 2.67 bits per heavy atom. The van der Waals surface area contributed by atoms with Crippen LogP contribution in [0.1, 0.15) is 5.56 Å². The fourth-order valence-corrected chi connectivity index (χ4v) is 2.02. The molecule has 3 amide bonds. The van der Waals surface area contributed by atoms with Gasteiger partial charge in [0, 0.05) is 31.5 Å². The van der Waals surface area contributed by atoms with Crippen molar-refractivity contribution < 1.29 is 14.4 Å². The van der Waals surface area contributed by atoms with Crippen LogP contribution in [-0.4, -0.2) is 54.2 Å². The number of aryl methyl sites for hydroxylation is 1. The molecule has 0 aromatic heterocycles. The zero-order chi connectivity index (χ0) is 15.6. The largest absolute Gasteiger partial charge is 0.398 e. The summed E-state index contributed by atoms with van der Waals surface area (Å²) in [5.41, 5.74) is 7.84. The van der Waals surface area contributed by atoms with Gasteiger partial charge in [0.05, 0.1) is 0 Å². The van der Waals surface area contributed by atoms with Crippen LogP contribution in [0, 0.1) is 6.92 Å². The Labute approximate surface area is 122 Å². The number of nitrogens with two attached hydrogens (primary N) is 1. The molecule has 1 aromatic carbocycles. The second kappa shape index (κ2) is 5.82. The van der Waals surface area contributed by atoms with E-state index in [2.05, 4.69) is 5.32 Å². The van der Waals surface area contributed by atoms with E-state index in [1.807, 2.05) is 6.92 Å². The third-order valence-corrected chi connectivity index (χ3v) is 3.42. The molecule has 0 spiro atoms. The van der Waals surface area contributed by atoms with Crippen molar-refractivity contribution in [2.24, 2.45) is 0 Å². The highest BCUT2D eigenvalue weighted by molar-refractivity contribution is 6.35. The standard InChI is InChI=1S/C14H18N4O3/c1-9-3-4-10(7-11(9)15)16-12(19)8-18-6-5-17(2)13(20)14(18)21/h3-4,7H,5-6,8,15H2,1-2H3,(H,16,19). The van der Waals surface area contributed by atoms with Crippen LogP contribution in [0.15, 0.2) is 18.2 Å². The Morgan fingerprint density at radius 2 is 2.00 bits per heavy atom. The molecule has 0 saturated carbocycles. The molecule has 0 radical (unpaired) electrons. The zero-order valence-corrected chi connectivity index (χ0v) is 12.0. The average molecular weight is 290 g/mol. The van der Waals surface area contributed by atoms with Crippen molar-refractivity contribution in [2.75, 3.05) is 37.7 Å². The van der Waals surface area contributed by atoms with Crippen molar-refractivity contribution in [2.45, 2.75) is 6.92 Å². The number of hydrogen-bond acceptors (Lipinski definition) is 4. The van der Waals surface area contributed by atoms with E-state index in [-0.39, 0.29) is 12.5 Å². The molecule has 1 aliphatic heterocycles. The highest BCUT2D eigenvalue weighted by Gasteiger charge is 2.31. The molecule has 1 aromatic rings. The summed E-state index contributed by atoms with van der Waals surface area (Å²) in [5.74, 6) is -1.60. The SMILES string of the molecule is Cc1ccc(NC(=O)CN2CCN(C)C(=O)C2=O)cc1N. The van der Waals surface area contributed by atoms with Gasteiger partial charge in [0.25, 0.3) is 0 Å². The van der Waals surface area contributed by atoms with Crippen LogP contribution in [0.5, 0.6) is 0 Å². The first-order valence-corrected chi connectivity index (χ1v) is 6.59. The van der Waals surface area contributed by atoms with Crippen molar-refractivity contribution in [3.05, 3.63) is 23.8 Å². The number of rotatable bonds is 3. The maximum absolute atomic E-state index is 11.9. The molecule has 7 heteroatoms. The minimum Gasteiger partial charge on any atom is -0.398 e. The molecule has 0 bridgehead atoms. The third-order valence-electron chi connectivity index (χ3n) is 3.42. The van der Waals surface area contributed by atoms with Gasteiger partial charge < -0.3 is 20.9 Å². The molecule has 0 atom stereocenters. The number of nitrogens with one attached hydrogen (secondary N) is 1. The lowest BCUT2D eigenvalue weighted by molar-refractivity contribution is -0.155. The molecular formula is C14H18N4O3. The molecule has 2 rings (SSSR count). The van der Waals surface area contributed by atoms with Crippen molar-refractivity contribution in [1.29, 1.82) is 0 Å². The second-order valence-electron chi connectivity index (χ2n) is 5.07. The van der Waals surface area contributed by atoms with Gasteiger partial charge in [-0.3, -0.25) is 14.4 Å². The van der Waals surface area contributed by atoms with E-state index >= 15 is 0 Å². The zero-order valence-electron chi connectivity index (χ0n) is 12.0. The number of carbonyl (C=O) groups excluding carboxylic acids is 3. The lowest BCUT2D eigenvalue weighted by Crippen LogP contribution is -2.54. The third kappa shape index (κ3) is 3.31. The average Bonchev–Trinajstić information content (AvgIpc) is 2.44. The number of anilines is 2. The van der Waals surface area contributed by atoms with E-state index in [4.69, 9.17) is 5.73 Å². The first kappa shape index (κ1) is 14.8.